The van der Waals surface area contributed by atoms with Crippen molar-refractivity contribution in [1.29, 1.82) is 0 Å². The van der Waals surface area contributed by atoms with Crippen molar-refractivity contribution in [3.05, 3.63) is 56.2 Å². The van der Waals surface area contributed by atoms with Crippen molar-refractivity contribution >= 4 is 23.4 Å². The predicted molar refractivity (Wildman–Crippen MR) is 84.9 cm³/mol. The maximum Gasteiger partial charge on any atom is 0.332 e. The molecule has 4 rings (SSSR count). The zero-order valence-electron chi connectivity index (χ0n) is 12.8. The van der Waals surface area contributed by atoms with E-state index in [9.17, 15) is 19.2 Å². The summed E-state index contributed by atoms with van der Waals surface area (Å²) in [5, 5.41) is 7.72. The van der Waals surface area contributed by atoms with Crippen molar-refractivity contribution in [3.63, 3.8) is 0 Å². The number of nitrogens with one attached hydrogen (secondary N) is 3. The molecule has 0 unspecified atom stereocenters. The van der Waals surface area contributed by atoms with E-state index >= 15 is 0 Å². The van der Waals surface area contributed by atoms with Crippen LogP contribution >= 0.6 is 0 Å². The van der Waals surface area contributed by atoms with Crippen LogP contribution in [0.4, 0.5) is 16.3 Å². The Kier molecular flexibility index (Phi) is 2.58. The van der Waals surface area contributed by atoms with Gasteiger partial charge in [0, 0.05) is 25.3 Å². The van der Waals surface area contributed by atoms with E-state index in [1.165, 1.54) is 14.1 Å². The predicted octanol–water partition coefficient (Wildman–Crippen LogP) is -0.585. The van der Waals surface area contributed by atoms with E-state index < -0.39 is 28.7 Å². The first kappa shape index (κ1) is 14.2. The Balaban J connectivity index is 2.20. The highest BCUT2D eigenvalue weighted by Crippen LogP contribution is 2.43. The summed E-state index contributed by atoms with van der Waals surface area (Å²) in [4.78, 5) is 49.9. The molecule has 1 atom stereocenters. The second kappa shape index (κ2) is 4.34. The fraction of sp³-hybridized carbons (Fsp3) is 0.200. The lowest BCUT2D eigenvalue weighted by molar-refractivity contribution is -0.120. The van der Waals surface area contributed by atoms with Gasteiger partial charge in [0.2, 0.25) is 0 Å². The number of benzene rings is 1. The summed E-state index contributed by atoms with van der Waals surface area (Å²) in [6, 6.07) is 6.12. The average Bonchev–Trinajstić information content (AvgIpc) is 2.83. The number of hydrogen-bond acceptors (Lipinski definition) is 4. The zero-order valence-corrected chi connectivity index (χ0v) is 12.8. The van der Waals surface area contributed by atoms with Crippen molar-refractivity contribution in [3.8, 4) is 0 Å². The topological polar surface area (TPSA) is 114 Å². The SMILES string of the molecule is Cn1c2c(c(=O)n(C)c1=O)[C@@]1(NC(=O)N2)C(=O)Nc2ccccc21. The number of urea groups is 1. The van der Waals surface area contributed by atoms with Gasteiger partial charge in [-0.25, -0.2) is 9.59 Å². The number of carbonyl (C=O) groups is 2. The fourth-order valence-electron chi connectivity index (χ4n) is 3.33. The van der Waals surface area contributed by atoms with Gasteiger partial charge in [0.15, 0.2) is 5.54 Å². The van der Waals surface area contributed by atoms with Crippen LogP contribution in [0.2, 0.25) is 0 Å². The van der Waals surface area contributed by atoms with Crippen LogP contribution < -0.4 is 27.2 Å². The van der Waals surface area contributed by atoms with Gasteiger partial charge in [-0.3, -0.25) is 24.0 Å². The molecule has 9 heteroatoms. The van der Waals surface area contributed by atoms with Crippen LogP contribution in [0, 0.1) is 0 Å². The Morgan fingerprint density at radius 1 is 0.958 bits per heavy atom. The number of hydrogen-bond donors (Lipinski definition) is 3. The molecule has 9 nitrogen and oxygen atoms in total. The number of nitrogens with zero attached hydrogens (tertiary/aromatic N) is 2. The Morgan fingerprint density at radius 3 is 2.42 bits per heavy atom. The number of amides is 3. The third kappa shape index (κ3) is 1.48. The van der Waals surface area contributed by atoms with Crippen LogP contribution in [0.25, 0.3) is 0 Å². The minimum atomic E-state index is -1.67. The van der Waals surface area contributed by atoms with E-state index in [4.69, 9.17) is 0 Å². The van der Waals surface area contributed by atoms with Crippen molar-refractivity contribution in [1.82, 2.24) is 14.5 Å². The third-order valence-electron chi connectivity index (χ3n) is 4.49. The van der Waals surface area contributed by atoms with Crippen LogP contribution in [0.15, 0.2) is 33.9 Å². The summed E-state index contributed by atoms with van der Waals surface area (Å²) in [7, 11) is 2.76. The van der Waals surface area contributed by atoms with Crippen LogP contribution in [-0.2, 0) is 24.4 Å². The van der Waals surface area contributed by atoms with Gasteiger partial charge in [-0.05, 0) is 6.07 Å². The van der Waals surface area contributed by atoms with Crippen molar-refractivity contribution in [2.24, 2.45) is 14.1 Å². The number of para-hydroxylation sites is 1. The molecule has 2 aromatic rings. The van der Waals surface area contributed by atoms with Gasteiger partial charge in [0.05, 0.1) is 5.56 Å². The maximum absolute atomic E-state index is 12.8. The second-order valence-corrected chi connectivity index (χ2v) is 5.76. The van der Waals surface area contributed by atoms with Crippen LogP contribution in [-0.4, -0.2) is 21.1 Å². The molecule has 2 aliphatic heterocycles. The molecule has 1 aromatic heterocycles. The van der Waals surface area contributed by atoms with Gasteiger partial charge in [-0.2, -0.15) is 0 Å². The first-order valence-electron chi connectivity index (χ1n) is 7.18. The Hall–Kier alpha value is -3.36. The molecule has 2 aliphatic rings. The minimum Gasteiger partial charge on any atom is -0.323 e. The summed E-state index contributed by atoms with van der Waals surface area (Å²) in [5.74, 6) is -0.533. The fourth-order valence-corrected chi connectivity index (χ4v) is 3.33. The summed E-state index contributed by atoms with van der Waals surface area (Å²) < 4.78 is 2.05. The van der Waals surface area contributed by atoms with E-state index in [2.05, 4.69) is 16.0 Å². The largest absolute Gasteiger partial charge is 0.332 e. The lowest BCUT2D eigenvalue weighted by atomic mass is 9.83. The highest BCUT2D eigenvalue weighted by molar-refractivity contribution is 6.13. The van der Waals surface area contributed by atoms with Gasteiger partial charge in [-0.15, -0.1) is 0 Å². The lowest BCUT2D eigenvalue weighted by Crippen LogP contribution is -2.61. The highest BCUT2D eigenvalue weighted by atomic mass is 16.2. The molecule has 0 fully saturated rings. The standard InChI is InChI=1S/C15H13N5O4/c1-19-10-9(11(21)20(2)14(19)24)15(18-13(23)17-10)7-5-3-4-6-8(7)16-12(15)22/h3-6H,1-2H3,(H,16,22)(H2,17,18,23)/t15-/m1/s1. The van der Waals surface area contributed by atoms with Crippen molar-refractivity contribution in [2.75, 3.05) is 10.6 Å². The molecule has 0 radical (unpaired) electrons. The van der Waals surface area contributed by atoms with Crippen LogP contribution in [0.5, 0.6) is 0 Å². The van der Waals surface area contributed by atoms with E-state index in [1.54, 1.807) is 24.3 Å². The minimum absolute atomic E-state index is 0.00847. The summed E-state index contributed by atoms with van der Waals surface area (Å²) in [6.45, 7) is 0. The Bertz CT molecular complexity index is 1050. The lowest BCUT2D eigenvalue weighted by Gasteiger charge is -2.35. The first-order valence-corrected chi connectivity index (χ1v) is 7.18. The average molecular weight is 327 g/mol. The van der Waals surface area contributed by atoms with Crippen molar-refractivity contribution < 1.29 is 9.59 Å². The molecule has 1 spiro atoms. The molecule has 122 valence electrons. The Morgan fingerprint density at radius 2 is 1.67 bits per heavy atom. The van der Waals surface area contributed by atoms with Crippen LogP contribution in [0.3, 0.4) is 0 Å². The second-order valence-electron chi connectivity index (χ2n) is 5.76. The van der Waals surface area contributed by atoms with Gasteiger partial charge in [-0.1, -0.05) is 18.2 Å². The summed E-state index contributed by atoms with van der Waals surface area (Å²) in [5.41, 5.74) is -1.94. The van der Waals surface area contributed by atoms with Crippen LogP contribution in [0.1, 0.15) is 11.1 Å². The summed E-state index contributed by atoms with van der Waals surface area (Å²) in [6.07, 6.45) is 0. The monoisotopic (exact) mass is 327 g/mol. The van der Waals surface area contributed by atoms with Gasteiger partial charge in [0.25, 0.3) is 11.5 Å². The highest BCUT2D eigenvalue weighted by Gasteiger charge is 2.55. The van der Waals surface area contributed by atoms with Crippen molar-refractivity contribution in [2.45, 2.75) is 5.54 Å². The molecule has 24 heavy (non-hydrogen) atoms. The molecule has 0 saturated heterocycles. The van der Waals surface area contributed by atoms with E-state index in [1.807, 2.05) is 0 Å². The smallest absolute Gasteiger partial charge is 0.323 e. The number of fused-ring (bicyclic) bond motifs is 4. The van der Waals surface area contributed by atoms with Gasteiger partial charge >= 0.3 is 11.7 Å². The normalized spacial score (nSPS) is 20.9. The van der Waals surface area contributed by atoms with E-state index in [0.717, 1.165) is 9.13 Å². The molecule has 3 N–H and O–H groups in total. The molecule has 0 bridgehead atoms. The van der Waals surface area contributed by atoms with E-state index in [-0.39, 0.29) is 11.4 Å². The first-order chi connectivity index (χ1) is 11.4. The quantitative estimate of drug-likeness (QED) is 0.600. The van der Waals surface area contributed by atoms with Gasteiger partial charge in [0.1, 0.15) is 5.82 Å². The van der Waals surface area contributed by atoms with Gasteiger partial charge < -0.3 is 10.6 Å². The number of rotatable bonds is 0. The maximum atomic E-state index is 12.8. The Labute approximate surface area is 134 Å². The molecule has 0 saturated carbocycles. The molecule has 3 amide bonds. The molecule has 0 aliphatic carbocycles. The molecular weight excluding hydrogens is 314 g/mol. The number of anilines is 2. The number of carbonyl (C=O) groups excluding carboxylic acids is 2. The molecule has 1 aromatic carbocycles. The summed E-state index contributed by atoms with van der Waals surface area (Å²) >= 11 is 0. The van der Waals surface area contributed by atoms with E-state index in [0.29, 0.717) is 11.3 Å². The molecular formula is C15H13N5O4. The number of aromatic nitrogens is 2. The zero-order chi connectivity index (χ0) is 17.2. The molecule has 3 heterocycles. The third-order valence-corrected chi connectivity index (χ3v) is 4.49.